The second kappa shape index (κ2) is 18.0. The fourth-order valence-corrected chi connectivity index (χ4v) is 9.11. The van der Waals surface area contributed by atoms with Gasteiger partial charge in [0.15, 0.2) is 0 Å². The van der Waals surface area contributed by atoms with Gasteiger partial charge in [-0.3, -0.25) is 9.13 Å². The van der Waals surface area contributed by atoms with Gasteiger partial charge in [0.25, 0.3) is 0 Å². The molecule has 7 heterocycles. The van der Waals surface area contributed by atoms with Crippen LogP contribution >= 0.6 is 0 Å². The molecule has 0 spiro atoms. The normalized spacial score (nSPS) is 15.5. The summed E-state index contributed by atoms with van der Waals surface area (Å²) in [6.45, 7) is 1.98. The SMILES string of the molecule is COc1ccc2c(c1)nc(-c1ccc3occc3c1)n2-c1ccnc(NC2CCCCC2)n1.COc1ccc2c(c1)nc(-c1ccc3occc3c1)n2-c1ccnc(N[C@H]2CCCNC2)n1. The number of furan rings is 2. The molecule has 15 heteroatoms. The number of nitrogens with zero attached hydrogens (tertiary/aromatic N) is 8. The number of nitrogens with one attached hydrogen (secondary N) is 3. The second-order valence-corrected chi connectivity index (χ2v) is 16.7. The monoisotopic (exact) mass is 879 g/mol. The van der Waals surface area contributed by atoms with Crippen molar-refractivity contribution in [2.45, 2.75) is 57.0 Å². The number of imidazole rings is 2. The van der Waals surface area contributed by atoms with Crippen LogP contribution in [0.1, 0.15) is 44.9 Å². The largest absolute Gasteiger partial charge is 0.497 e. The predicted molar refractivity (Wildman–Crippen MR) is 257 cm³/mol. The molecule has 66 heavy (non-hydrogen) atoms. The molecule has 1 aliphatic heterocycles. The van der Waals surface area contributed by atoms with Gasteiger partial charge in [-0.2, -0.15) is 9.97 Å². The van der Waals surface area contributed by atoms with E-state index < -0.39 is 0 Å². The van der Waals surface area contributed by atoms with E-state index in [1.807, 2.05) is 91.1 Å². The summed E-state index contributed by atoms with van der Waals surface area (Å²) in [6.07, 6.45) is 15.4. The summed E-state index contributed by atoms with van der Waals surface area (Å²) in [4.78, 5) is 28.7. The second-order valence-electron chi connectivity index (χ2n) is 16.7. The van der Waals surface area contributed by atoms with Gasteiger partial charge in [0, 0.05) is 65.1 Å². The molecule has 3 N–H and O–H groups in total. The van der Waals surface area contributed by atoms with E-state index in [4.69, 9.17) is 38.2 Å². The average Bonchev–Trinajstić information content (AvgIpc) is 4.19. The van der Waals surface area contributed by atoms with Gasteiger partial charge in [-0.15, -0.1) is 0 Å². The Morgan fingerprint density at radius 2 is 1.09 bits per heavy atom. The number of anilines is 2. The molecular formula is C51H49N11O4. The minimum atomic E-state index is 0.320. The zero-order valence-electron chi connectivity index (χ0n) is 36.8. The van der Waals surface area contributed by atoms with Crippen molar-refractivity contribution >= 4 is 55.9 Å². The Kier molecular flexibility index (Phi) is 11.2. The molecule has 0 bridgehead atoms. The number of ether oxygens (including phenoxy) is 2. The smallest absolute Gasteiger partial charge is 0.224 e. The first-order valence-electron chi connectivity index (χ1n) is 22.6. The maximum Gasteiger partial charge on any atom is 0.224 e. The lowest BCUT2D eigenvalue weighted by Crippen LogP contribution is -2.38. The first-order valence-corrected chi connectivity index (χ1v) is 22.6. The molecule has 1 aliphatic carbocycles. The quantitative estimate of drug-likeness (QED) is 0.119. The summed E-state index contributed by atoms with van der Waals surface area (Å²) in [5, 5.41) is 12.5. The zero-order valence-corrected chi connectivity index (χ0v) is 36.8. The van der Waals surface area contributed by atoms with E-state index in [1.165, 1.54) is 19.3 Å². The lowest BCUT2D eigenvalue weighted by Gasteiger charge is -2.23. The van der Waals surface area contributed by atoms with Gasteiger partial charge in [0.2, 0.25) is 11.9 Å². The lowest BCUT2D eigenvalue weighted by atomic mass is 9.96. The topological polar surface area (TPSA) is 168 Å². The first-order chi connectivity index (χ1) is 32.6. The van der Waals surface area contributed by atoms with Crippen LogP contribution in [-0.2, 0) is 0 Å². The van der Waals surface area contributed by atoms with Crippen molar-refractivity contribution in [3.05, 3.63) is 122 Å². The van der Waals surface area contributed by atoms with Crippen LogP contribution in [0.15, 0.2) is 131 Å². The van der Waals surface area contributed by atoms with Crippen LogP contribution in [0.2, 0.25) is 0 Å². The van der Waals surface area contributed by atoms with Crippen molar-refractivity contribution in [2.24, 2.45) is 0 Å². The highest BCUT2D eigenvalue weighted by Gasteiger charge is 2.21. The molecule has 12 rings (SSSR count). The Morgan fingerprint density at radius 1 is 0.561 bits per heavy atom. The number of aromatic nitrogens is 8. The van der Waals surface area contributed by atoms with E-state index >= 15 is 0 Å². The molecule has 2 aliphatic rings. The van der Waals surface area contributed by atoms with Crippen molar-refractivity contribution < 1.29 is 18.3 Å². The molecule has 1 atom stereocenters. The van der Waals surface area contributed by atoms with Gasteiger partial charge in [-0.1, -0.05) is 19.3 Å². The standard InChI is InChI=1S/C26H25N5O2.C25H24N6O2/c1-32-20-8-9-22-21(16-20)29-25(18-7-10-23-17(15-18)12-14-33-23)31(22)24-11-13-27-26(30-24)28-19-5-3-2-4-6-19;1-32-19-5-6-21-20(14-19)29-24(17-4-7-22-16(13-17)9-12-33-22)31(21)23-8-11-27-25(30-23)28-18-3-2-10-26-15-18/h7-16,19H,2-6H2,1H3,(H,27,28,30);4-9,11-14,18,26H,2-3,10,15H2,1H3,(H,27,28,30)/t;18-/m.0/s1. The Labute approximate surface area is 380 Å². The summed E-state index contributed by atoms with van der Waals surface area (Å²) < 4.78 is 26.1. The number of piperidine rings is 1. The number of methoxy groups -OCH3 is 2. The van der Waals surface area contributed by atoms with Crippen LogP contribution in [0.25, 0.3) is 78.4 Å². The van der Waals surface area contributed by atoms with Crippen LogP contribution in [0.3, 0.4) is 0 Å². The van der Waals surface area contributed by atoms with Gasteiger partial charge < -0.3 is 34.3 Å². The van der Waals surface area contributed by atoms with Gasteiger partial charge in [0.05, 0.1) is 48.8 Å². The van der Waals surface area contributed by atoms with Crippen molar-refractivity contribution in [3.8, 4) is 45.9 Å². The minimum absolute atomic E-state index is 0.320. The molecule has 1 saturated carbocycles. The van der Waals surface area contributed by atoms with Crippen molar-refractivity contribution in [2.75, 3.05) is 37.9 Å². The van der Waals surface area contributed by atoms with E-state index in [0.717, 1.165) is 129 Å². The highest BCUT2D eigenvalue weighted by Crippen LogP contribution is 2.34. The molecule has 0 amide bonds. The molecule has 2 fully saturated rings. The summed E-state index contributed by atoms with van der Waals surface area (Å²) in [7, 11) is 3.33. The molecular weight excluding hydrogens is 831 g/mol. The number of hydrogen-bond acceptors (Lipinski definition) is 13. The van der Waals surface area contributed by atoms with Crippen LogP contribution in [0, 0.1) is 0 Å². The third kappa shape index (κ3) is 8.24. The highest BCUT2D eigenvalue weighted by molar-refractivity contribution is 5.89. The van der Waals surface area contributed by atoms with Crippen LogP contribution in [0.4, 0.5) is 11.9 Å². The van der Waals surface area contributed by atoms with Crippen LogP contribution in [0.5, 0.6) is 11.5 Å². The number of rotatable bonds is 10. The minimum Gasteiger partial charge on any atom is -0.497 e. The average molecular weight is 880 g/mol. The Morgan fingerprint density at radius 3 is 1.61 bits per heavy atom. The van der Waals surface area contributed by atoms with E-state index in [9.17, 15) is 0 Å². The fraction of sp³-hybridized carbons (Fsp3) is 0.255. The van der Waals surface area contributed by atoms with Gasteiger partial charge in [0.1, 0.15) is 45.9 Å². The first kappa shape index (κ1) is 41.0. The molecule has 6 aromatic heterocycles. The Hall–Kier alpha value is -7.78. The maximum atomic E-state index is 5.53. The Balaban J connectivity index is 0.000000146. The summed E-state index contributed by atoms with van der Waals surface area (Å²) in [5.41, 5.74) is 7.24. The molecule has 15 nitrogen and oxygen atoms in total. The lowest BCUT2D eigenvalue weighted by molar-refractivity contribution is 0.415. The Bertz CT molecular complexity index is 3080. The molecule has 0 unspecified atom stereocenters. The maximum absolute atomic E-state index is 5.53. The van der Waals surface area contributed by atoms with Crippen molar-refractivity contribution in [1.29, 1.82) is 0 Å². The van der Waals surface area contributed by atoms with Crippen molar-refractivity contribution in [3.63, 3.8) is 0 Å². The van der Waals surface area contributed by atoms with Gasteiger partial charge >= 0.3 is 0 Å². The summed E-state index contributed by atoms with van der Waals surface area (Å²) >= 11 is 0. The number of hydrogen-bond donors (Lipinski definition) is 3. The highest BCUT2D eigenvalue weighted by atomic mass is 16.5. The predicted octanol–water partition coefficient (Wildman–Crippen LogP) is 10.4. The molecule has 0 radical (unpaired) electrons. The third-order valence-electron chi connectivity index (χ3n) is 12.5. The molecule has 332 valence electrons. The fourth-order valence-electron chi connectivity index (χ4n) is 9.11. The number of benzene rings is 4. The van der Waals surface area contributed by atoms with E-state index in [-0.39, 0.29) is 0 Å². The molecule has 10 aromatic rings. The van der Waals surface area contributed by atoms with E-state index in [2.05, 4.69) is 47.2 Å². The van der Waals surface area contributed by atoms with Gasteiger partial charge in [-0.05, 0) is 117 Å². The van der Waals surface area contributed by atoms with Crippen LogP contribution < -0.4 is 25.4 Å². The molecule has 4 aromatic carbocycles. The van der Waals surface area contributed by atoms with Gasteiger partial charge in [-0.25, -0.2) is 19.9 Å². The third-order valence-corrected chi connectivity index (χ3v) is 12.5. The van der Waals surface area contributed by atoms with Crippen molar-refractivity contribution in [1.82, 2.24) is 44.4 Å². The summed E-state index contributed by atoms with van der Waals surface area (Å²) in [5.74, 6) is 5.95. The van der Waals surface area contributed by atoms with E-state index in [1.54, 1.807) is 32.9 Å². The van der Waals surface area contributed by atoms with E-state index in [0.29, 0.717) is 24.0 Å². The number of fused-ring (bicyclic) bond motifs is 4. The zero-order chi connectivity index (χ0) is 44.4. The molecule has 1 saturated heterocycles. The summed E-state index contributed by atoms with van der Waals surface area (Å²) in [6, 6.07) is 32.5. The van der Waals surface area contributed by atoms with Crippen LogP contribution in [-0.4, -0.2) is 78.4 Å².